The number of nitrogens with zero attached hydrogens (tertiary/aromatic N) is 2. The van der Waals surface area contributed by atoms with E-state index in [1.54, 1.807) is 0 Å². The monoisotopic (exact) mass is 343 g/mol. The van der Waals surface area contributed by atoms with Crippen LogP contribution in [0.25, 0.3) is 0 Å². The zero-order valence-electron chi connectivity index (χ0n) is 13.8. The Balaban J connectivity index is 3.01. The van der Waals surface area contributed by atoms with Crippen LogP contribution in [0.2, 0.25) is 0 Å². The van der Waals surface area contributed by atoms with E-state index in [1.807, 2.05) is 0 Å². The fourth-order valence-electron chi connectivity index (χ4n) is 2.90. The van der Waals surface area contributed by atoms with Crippen LogP contribution in [0.5, 0.6) is 0 Å². The molecule has 0 saturated carbocycles. The van der Waals surface area contributed by atoms with Gasteiger partial charge in [0.15, 0.2) is 0 Å². The maximum absolute atomic E-state index is 4.71. The molecule has 4 heteroatoms. The van der Waals surface area contributed by atoms with Gasteiger partial charge in [0.2, 0.25) is 0 Å². The van der Waals surface area contributed by atoms with E-state index < -0.39 is 0 Å². The van der Waals surface area contributed by atoms with Gasteiger partial charge in [-0.3, -0.25) is 4.68 Å². The maximum atomic E-state index is 4.71. The number of aryl methyl sites for hydroxylation is 2. The van der Waals surface area contributed by atoms with Crippen LogP contribution in [0, 0.1) is 11.8 Å². The summed E-state index contributed by atoms with van der Waals surface area (Å²) >= 11 is 3.77. The average molecular weight is 344 g/mol. The predicted octanol–water partition coefficient (Wildman–Crippen LogP) is 4.04. The van der Waals surface area contributed by atoms with Crippen molar-refractivity contribution in [2.24, 2.45) is 11.8 Å². The zero-order valence-corrected chi connectivity index (χ0v) is 15.4. The minimum atomic E-state index is 0.525. The molecule has 0 bridgehead atoms. The summed E-state index contributed by atoms with van der Waals surface area (Å²) in [7, 11) is 0. The second-order valence-electron chi connectivity index (χ2n) is 5.84. The van der Waals surface area contributed by atoms with Crippen molar-refractivity contribution in [3.8, 4) is 0 Å². The molecule has 0 spiro atoms. The van der Waals surface area contributed by atoms with Gasteiger partial charge >= 0.3 is 0 Å². The Morgan fingerprint density at radius 3 is 2.30 bits per heavy atom. The van der Waals surface area contributed by atoms with Crippen LogP contribution in [0.4, 0.5) is 0 Å². The number of halogens is 1. The van der Waals surface area contributed by atoms with Crippen LogP contribution in [0.3, 0.4) is 0 Å². The van der Waals surface area contributed by atoms with Crippen LogP contribution >= 0.6 is 15.9 Å². The van der Waals surface area contributed by atoms with Gasteiger partial charge in [-0.1, -0.05) is 27.7 Å². The third kappa shape index (κ3) is 4.08. The molecule has 0 aliphatic carbocycles. The van der Waals surface area contributed by atoms with Gasteiger partial charge in [0, 0.05) is 12.6 Å². The summed E-state index contributed by atoms with van der Waals surface area (Å²) in [6, 6.07) is 0.525. The first-order chi connectivity index (χ1) is 9.46. The van der Waals surface area contributed by atoms with E-state index in [1.165, 1.54) is 15.9 Å². The van der Waals surface area contributed by atoms with Crippen LogP contribution in [-0.4, -0.2) is 22.4 Å². The highest BCUT2D eigenvalue weighted by Crippen LogP contribution is 2.28. The largest absolute Gasteiger partial charge is 0.314 e. The summed E-state index contributed by atoms with van der Waals surface area (Å²) < 4.78 is 3.38. The van der Waals surface area contributed by atoms with Crippen LogP contribution in [0.15, 0.2) is 4.47 Å². The molecule has 1 aromatic heterocycles. The molecule has 1 aromatic rings. The summed E-state index contributed by atoms with van der Waals surface area (Å²) in [5.74, 6) is 1.28. The lowest BCUT2D eigenvalue weighted by molar-refractivity contribution is 0.286. The normalized spacial score (nSPS) is 14.8. The van der Waals surface area contributed by atoms with E-state index >= 15 is 0 Å². The molecule has 1 rings (SSSR count). The first-order valence-electron chi connectivity index (χ1n) is 7.93. The molecule has 3 nitrogen and oxygen atoms in total. The van der Waals surface area contributed by atoms with Gasteiger partial charge in [-0.25, -0.2) is 0 Å². The van der Waals surface area contributed by atoms with Gasteiger partial charge in [0.05, 0.1) is 15.9 Å². The van der Waals surface area contributed by atoms with E-state index in [0.717, 1.165) is 25.9 Å². The maximum Gasteiger partial charge on any atom is 0.0766 e. The molecule has 20 heavy (non-hydrogen) atoms. The van der Waals surface area contributed by atoms with Gasteiger partial charge in [-0.05, 0) is 61.0 Å². The Labute approximate surface area is 132 Å². The lowest BCUT2D eigenvalue weighted by Gasteiger charge is -2.28. The van der Waals surface area contributed by atoms with Crippen LogP contribution in [0.1, 0.15) is 52.9 Å². The molecule has 0 radical (unpaired) electrons. The van der Waals surface area contributed by atoms with Crippen molar-refractivity contribution in [3.05, 3.63) is 15.9 Å². The summed E-state index contributed by atoms with van der Waals surface area (Å²) in [6.45, 7) is 15.4. The van der Waals surface area contributed by atoms with E-state index in [9.17, 15) is 0 Å². The van der Waals surface area contributed by atoms with Crippen molar-refractivity contribution < 1.29 is 0 Å². The molecule has 2 atom stereocenters. The second-order valence-corrected chi connectivity index (χ2v) is 6.63. The standard InChI is InChI=1S/C16H30BrN3/c1-7-14-16(17)15(20(9-3)19-14)10-13(11(4)5)12(6)18-8-2/h11-13,18H,7-10H2,1-6H3. The van der Waals surface area contributed by atoms with Crippen molar-refractivity contribution in [1.29, 1.82) is 0 Å². The average Bonchev–Trinajstić information content (AvgIpc) is 2.71. The molecule has 1 heterocycles. The van der Waals surface area contributed by atoms with Gasteiger partial charge in [0.1, 0.15) is 0 Å². The van der Waals surface area contributed by atoms with E-state index in [-0.39, 0.29) is 0 Å². The first kappa shape index (κ1) is 17.7. The number of hydrogen-bond acceptors (Lipinski definition) is 2. The van der Waals surface area contributed by atoms with Crippen LogP contribution < -0.4 is 5.32 Å². The highest BCUT2D eigenvalue weighted by atomic mass is 79.9. The lowest BCUT2D eigenvalue weighted by Crippen LogP contribution is -2.37. The van der Waals surface area contributed by atoms with E-state index in [4.69, 9.17) is 5.10 Å². The Hall–Kier alpha value is -0.350. The van der Waals surface area contributed by atoms with E-state index in [0.29, 0.717) is 17.9 Å². The Morgan fingerprint density at radius 1 is 1.20 bits per heavy atom. The van der Waals surface area contributed by atoms with Crippen molar-refractivity contribution >= 4 is 15.9 Å². The first-order valence-corrected chi connectivity index (χ1v) is 8.72. The summed E-state index contributed by atoms with van der Waals surface area (Å²) in [5, 5.41) is 8.29. The summed E-state index contributed by atoms with van der Waals surface area (Å²) in [6.07, 6.45) is 2.06. The number of nitrogens with one attached hydrogen (secondary N) is 1. The summed E-state index contributed by atoms with van der Waals surface area (Å²) in [4.78, 5) is 0. The van der Waals surface area contributed by atoms with Crippen molar-refractivity contribution in [2.45, 2.75) is 67.0 Å². The molecule has 0 aromatic carbocycles. The second kappa shape index (κ2) is 8.18. The fourth-order valence-corrected chi connectivity index (χ4v) is 3.62. The third-order valence-corrected chi connectivity index (χ3v) is 5.06. The highest BCUT2D eigenvalue weighted by Gasteiger charge is 2.24. The molecule has 2 unspecified atom stereocenters. The van der Waals surface area contributed by atoms with Gasteiger partial charge in [-0.2, -0.15) is 5.10 Å². The smallest absolute Gasteiger partial charge is 0.0766 e. The summed E-state index contributed by atoms with van der Waals surface area (Å²) in [5.41, 5.74) is 2.54. The van der Waals surface area contributed by atoms with Crippen molar-refractivity contribution in [3.63, 3.8) is 0 Å². The molecule has 0 fully saturated rings. The molecule has 0 amide bonds. The number of hydrogen-bond donors (Lipinski definition) is 1. The fraction of sp³-hybridized carbons (Fsp3) is 0.812. The lowest BCUT2D eigenvalue weighted by atomic mass is 9.85. The van der Waals surface area contributed by atoms with Crippen molar-refractivity contribution in [1.82, 2.24) is 15.1 Å². The highest BCUT2D eigenvalue weighted by molar-refractivity contribution is 9.10. The van der Waals surface area contributed by atoms with Crippen LogP contribution in [-0.2, 0) is 19.4 Å². The topological polar surface area (TPSA) is 29.9 Å². The number of aromatic nitrogens is 2. The Bertz CT molecular complexity index is 412. The Morgan fingerprint density at radius 2 is 1.85 bits per heavy atom. The molecule has 116 valence electrons. The van der Waals surface area contributed by atoms with Gasteiger partial charge in [-0.15, -0.1) is 0 Å². The zero-order chi connectivity index (χ0) is 15.3. The number of rotatable bonds is 8. The SMILES string of the molecule is CCNC(C)C(Cc1c(Br)c(CC)nn1CC)C(C)C. The quantitative estimate of drug-likeness (QED) is 0.771. The molecule has 1 N–H and O–H groups in total. The molecule has 0 aliphatic heterocycles. The Kier molecular flexibility index (Phi) is 7.24. The van der Waals surface area contributed by atoms with Crippen molar-refractivity contribution in [2.75, 3.05) is 6.54 Å². The molecule has 0 saturated heterocycles. The minimum Gasteiger partial charge on any atom is -0.314 e. The predicted molar refractivity (Wildman–Crippen MR) is 90.1 cm³/mol. The molecular weight excluding hydrogens is 314 g/mol. The molecular formula is C16H30BrN3. The molecule has 0 aliphatic rings. The third-order valence-electron chi connectivity index (χ3n) is 4.15. The van der Waals surface area contributed by atoms with Gasteiger partial charge < -0.3 is 5.32 Å². The minimum absolute atomic E-state index is 0.525. The van der Waals surface area contributed by atoms with E-state index in [2.05, 4.69) is 67.5 Å². The van der Waals surface area contributed by atoms with Gasteiger partial charge in [0.25, 0.3) is 0 Å².